The summed E-state index contributed by atoms with van der Waals surface area (Å²) in [5, 5.41) is 0. The molecule has 1 fully saturated rings. The Bertz CT molecular complexity index is 572. The monoisotopic (exact) mass is 194 g/mol. The molecule has 0 nitrogen and oxygen atoms in total. The van der Waals surface area contributed by atoms with Gasteiger partial charge in [-0.3, -0.25) is 0 Å². The van der Waals surface area contributed by atoms with E-state index in [4.69, 9.17) is 0 Å². The van der Waals surface area contributed by atoms with E-state index in [1.165, 1.54) is 16.7 Å². The molecule has 0 amide bonds. The first kappa shape index (κ1) is 7.92. The van der Waals surface area contributed by atoms with Gasteiger partial charge in [-0.25, -0.2) is 0 Å². The maximum Gasteiger partial charge on any atom is 0.0215 e. The van der Waals surface area contributed by atoms with Crippen LogP contribution in [0.25, 0.3) is 5.57 Å². The van der Waals surface area contributed by atoms with E-state index >= 15 is 0 Å². The van der Waals surface area contributed by atoms with E-state index in [1.807, 2.05) is 0 Å². The zero-order chi connectivity index (χ0) is 10.4. The molecule has 2 unspecified atom stereocenters. The van der Waals surface area contributed by atoms with E-state index in [0.29, 0.717) is 11.3 Å². The van der Waals surface area contributed by atoms with Gasteiger partial charge in [-0.2, -0.15) is 0 Å². The summed E-state index contributed by atoms with van der Waals surface area (Å²) in [4.78, 5) is 0. The second-order valence-corrected chi connectivity index (χ2v) is 5.31. The van der Waals surface area contributed by atoms with Crippen LogP contribution in [-0.2, 0) is 0 Å². The average Bonchev–Trinajstić information content (AvgIpc) is 2.76. The van der Waals surface area contributed by atoms with Crippen LogP contribution < -0.4 is 0 Å². The molecule has 1 aromatic rings. The maximum absolute atomic E-state index is 2.43. The topological polar surface area (TPSA) is 0 Å². The zero-order valence-electron chi connectivity index (χ0n) is 9.39. The second kappa shape index (κ2) is 1.97. The lowest BCUT2D eigenvalue weighted by Gasteiger charge is -2.24. The number of aryl methyl sites for hydroxylation is 1. The number of benzene rings is 1. The van der Waals surface area contributed by atoms with Crippen LogP contribution in [0.1, 0.15) is 36.5 Å². The van der Waals surface area contributed by atoms with E-state index in [9.17, 15) is 0 Å². The van der Waals surface area contributed by atoms with Crippen LogP contribution in [0.5, 0.6) is 0 Å². The minimum atomic E-state index is 0.411. The Morgan fingerprint density at radius 2 is 2.00 bits per heavy atom. The molecule has 0 heterocycles. The highest BCUT2D eigenvalue weighted by Crippen LogP contribution is 2.76. The molecule has 5 rings (SSSR count). The molecule has 2 atom stereocenters. The van der Waals surface area contributed by atoms with Crippen LogP contribution in [-0.4, -0.2) is 0 Å². The van der Waals surface area contributed by atoms with E-state index in [0.717, 1.165) is 0 Å². The van der Waals surface area contributed by atoms with Gasteiger partial charge in [0.1, 0.15) is 0 Å². The van der Waals surface area contributed by atoms with Gasteiger partial charge in [0.15, 0.2) is 0 Å². The van der Waals surface area contributed by atoms with Crippen molar-refractivity contribution in [1.29, 1.82) is 0 Å². The second-order valence-electron chi connectivity index (χ2n) is 5.31. The van der Waals surface area contributed by atoms with Crippen LogP contribution in [0.3, 0.4) is 0 Å². The molecule has 74 valence electrons. The van der Waals surface area contributed by atoms with Crippen molar-refractivity contribution < 1.29 is 0 Å². The van der Waals surface area contributed by atoms with E-state index in [-0.39, 0.29) is 0 Å². The first-order chi connectivity index (χ1) is 7.15. The molecule has 15 heavy (non-hydrogen) atoms. The van der Waals surface area contributed by atoms with Crippen molar-refractivity contribution in [1.82, 2.24) is 0 Å². The van der Waals surface area contributed by atoms with Crippen LogP contribution in [0.4, 0.5) is 0 Å². The van der Waals surface area contributed by atoms with Crippen molar-refractivity contribution >= 4 is 5.57 Å². The summed E-state index contributed by atoms with van der Waals surface area (Å²) < 4.78 is 0. The van der Waals surface area contributed by atoms with Crippen LogP contribution in [0.2, 0.25) is 0 Å². The van der Waals surface area contributed by atoms with Crippen molar-refractivity contribution in [2.75, 3.05) is 0 Å². The van der Waals surface area contributed by atoms with Crippen molar-refractivity contribution in [3.63, 3.8) is 0 Å². The lowest BCUT2D eigenvalue weighted by Crippen LogP contribution is -2.09. The third-order valence-electron chi connectivity index (χ3n) is 4.79. The maximum atomic E-state index is 2.43. The number of allylic oxidation sites excluding steroid dienone is 4. The molecule has 0 N–H and O–H groups in total. The van der Waals surface area contributed by atoms with Crippen molar-refractivity contribution in [2.45, 2.75) is 26.7 Å². The fourth-order valence-corrected chi connectivity index (χ4v) is 3.70. The summed E-state index contributed by atoms with van der Waals surface area (Å²) in [6.07, 6.45) is 2.43. The smallest absolute Gasteiger partial charge is 0.0215 e. The van der Waals surface area contributed by atoms with Gasteiger partial charge in [0, 0.05) is 11.3 Å². The summed E-state index contributed by atoms with van der Waals surface area (Å²) in [5.74, 6) is 0.714. The number of rotatable bonds is 0. The van der Waals surface area contributed by atoms with Crippen LogP contribution in [0.15, 0.2) is 35.4 Å². The molecule has 0 spiro atoms. The SMILES string of the molecule is CC1=C2C=C3C(c4c(C)cccc42)C31C. The summed E-state index contributed by atoms with van der Waals surface area (Å²) in [6.45, 7) is 6.96. The quantitative estimate of drug-likeness (QED) is 0.589. The zero-order valence-corrected chi connectivity index (χ0v) is 9.39. The Kier molecular flexibility index (Phi) is 1.04. The molecule has 0 heteroatoms. The van der Waals surface area contributed by atoms with Gasteiger partial charge < -0.3 is 0 Å². The van der Waals surface area contributed by atoms with E-state index in [2.05, 4.69) is 45.0 Å². The molecule has 0 saturated heterocycles. The highest BCUT2D eigenvalue weighted by molar-refractivity contribution is 5.94. The Balaban J connectivity index is 2.14. The predicted octanol–water partition coefficient (Wildman–Crippen LogP) is 3.83. The molecular weight excluding hydrogens is 180 g/mol. The normalized spacial score (nSPS) is 34.1. The van der Waals surface area contributed by atoms with E-state index < -0.39 is 0 Å². The average molecular weight is 194 g/mol. The van der Waals surface area contributed by atoms with Crippen LogP contribution >= 0.6 is 0 Å². The lowest BCUT2D eigenvalue weighted by atomic mass is 9.79. The van der Waals surface area contributed by atoms with Crippen molar-refractivity contribution in [3.05, 3.63) is 52.1 Å². The standard InChI is InChI=1S/C15H14/c1-8-5-4-6-10-11-7-12-14(13(8)10)15(12,3)9(11)2/h4-7,14H,1-3H3. The highest BCUT2D eigenvalue weighted by Gasteiger charge is 2.64. The summed E-state index contributed by atoms with van der Waals surface area (Å²) in [7, 11) is 0. The third kappa shape index (κ3) is 0.613. The highest BCUT2D eigenvalue weighted by atomic mass is 14.7. The predicted molar refractivity (Wildman–Crippen MR) is 62.7 cm³/mol. The molecule has 1 saturated carbocycles. The molecule has 0 aromatic heterocycles. The first-order valence-corrected chi connectivity index (χ1v) is 5.69. The van der Waals surface area contributed by atoms with Gasteiger partial charge >= 0.3 is 0 Å². The molecular formula is C15H14. The molecule has 4 aliphatic rings. The number of hydrogen-bond donors (Lipinski definition) is 0. The first-order valence-electron chi connectivity index (χ1n) is 5.69. The van der Waals surface area contributed by atoms with Gasteiger partial charge in [0.05, 0.1) is 0 Å². The van der Waals surface area contributed by atoms with E-state index in [1.54, 1.807) is 16.7 Å². The molecule has 0 aliphatic heterocycles. The van der Waals surface area contributed by atoms with Gasteiger partial charge in [-0.15, -0.1) is 0 Å². The van der Waals surface area contributed by atoms with Crippen LogP contribution in [0, 0.1) is 12.3 Å². The van der Waals surface area contributed by atoms with Gasteiger partial charge in [0.25, 0.3) is 0 Å². The van der Waals surface area contributed by atoms with Gasteiger partial charge in [-0.1, -0.05) is 36.8 Å². The van der Waals surface area contributed by atoms with Crippen molar-refractivity contribution in [3.8, 4) is 0 Å². The molecule has 0 radical (unpaired) electrons. The fraction of sp³-hybridized carbons (Fsp3) is 0.333. The summed E-state index contributed by atoms with van der Waals surface area (Å²) >= 11 is 0. The minimum absolute atomic E-state index is 0.411. The summed E-state index contributed by atoms with van der Waals surface area (Å²) in [5.41, 5.74) is 9.76. The Morgan fingerprint density at radius 3 is 2.67 bits per heavy atom. The summed E-state index contributed by atoms with van der Waals surface area (Å²) in [6, 6.07) is 6.72. The van der Waals surface area contributed by atoms with Gasteiger partial charge in [-0.05, 0) is 41.7 Å². The third-order valence-corrected chi connectivity index (χ3v) is 4.79. The molecule has 4 aliphatic carbocycles. The minimum Gasteiger partial charge on any atom is -0.0614 e. The van der Waals surface area contributed by atoms with Gasteiger partial charge in [0.2, 0.25) is 0 Å². The lowest BCUT2D eigenvalue weighted by molar-refractivity contribution is 0.671. The molecule has 4 bridgehead atoms. The Hall–Kier alpha value is -1.30. The largest absolute Gasteiger partial charge is 0.0614 e. The Labute approximate surface area is 90.3 Å². The Morgan fingerprint density at radius 1 is 1.20 bits per heavy atom. The number of hydrogen-bond acceptors (Lipinski definition) is 0. The molecule has 1 aromatic carbocycles. The fourth-order valence-electron chi connectivity index (χ4n) is 3.70. The van der Waals surface area contributed by atoms with Crippen molar-refractivity contribution in [2.24, 2.45) is 5.41 Å².